The fraction of sp³-hybridized carbons (Fsp3) is 0.167. The third-order valence-corrected chi connectivity index (χ3v) is 4.15. The minimum absolute atomic E-state index is 0.271. The van der Waals surface area contributed by atoms with Gasteiger partial charge in [0.2, 0.25) is 0 Å². The summed E-state index contributed by atoms with van der Waals surface area (Å²) < 4.78 is 41.8. The number of nitrogens with two attached hydrogens (primary N) is 1. The minimum atomic E-state index is -4.73. The van der Waals surface area contributed by atoms with Crippen molar-refractivity contribution in [2.24, 2.45) is 5.73 Å². The first-order valence-electron chi connectivity index (χ1n) is 5.21. The number of alkyl halides is 3. The number of hydrogen-bond acceptors (Lipinski definition) is 3. The second-order valence-corrected chi connectivity index (χ2v) is 5.59. The zero-order valence-electron chi connectivity index (χ0n) is 9.45. The molecule has 0 spiro atoms. The van der Waals surface area contributed by atoms with Crippen molar-refractivity contribution >= 4 is 27.3 Å². The third-order valence-electron chi connectivity index (χ3n) is 2.37. The van der Waals surface area contributed by atoms with E-state index in [1.54, 1.807) is 12.1 Å². The number of rotatable bonds is 3. The highest BCUT2D eigenvalue weighted by molar-refractivity contribution is 9.10. The first kappa shape index (κ1) is 14.4. The van der Waals surface area contributed by atoms with Crippen LogP contribution < -0.4 is 10.5 Å². The summed E-state index contributed by atoms with van der Waals surface area (Å²) in [6, 6.07) is 7.00. The minimum Gasteiger partial charge on any atom is -0.405 e. The first-order valence-corrected chi connectivity index (χ1v) is 6.88. The van der Waals surface area contributed by atoms with Crippen LogP contribution >= 0.6 is 27.3 Å². The van der Waals surface area contributed by atoms with Crippen LogP contribution in [0.4, 0.5) is 13.2 Å². The van der Waals surface area contributed by atoms with Crippen molar-refractivity contribution in [2.75, 3.05) is 0 Å². The Hall–Kier alpha value is -1.05. The van der Waals surface area contributed by atoms with E-state index in [4.69, 9.17) is 5.73 Å². The summed E-state index contributed by atoms with van der Waals surface area (Å²) in [5.74, 6) is -0.271. The highest BCUT2D eigenvalue weighted by atomic mass is 79.9. The zero-order chi connectivity index (χ0) is 14.0. The first-order chi connectivity index (χ1) is 8.87. The van der Waals surface area contributed by atoms with Crippen LogP contribution in [-0.2, 0) is 0 Å². The van der Waals surface area contributed by atoms with E-state index in [0.717, 1.165) is 9.35 Å². The van der Waals surface area contributed by atoms with Crippen molar-refractivity contribution in [2.45, 2.75) is 12.4 Å². The van der Waals surface area contributed by atoms with Gasteiger partial charge >= 0.3 is 6.36 Å². The Labute approximate surface area is 120 Å². The molecule has 1 aromatic carbocycles. The molecule has 2 nitrogen and oxygen atoms in total. The van der Waals surface area contributed by atoms with Crippen LogP contribution in [0.25, 0.3) is 0 Å². The SMILES string of the molecule is NC(c1cc(Br)cs1)c1ccccc1OC(F)(F)F. The molecule has 1 atom stereocenters. The van der Waals surface area contributed by atoms with E-state index in [9.17, 15) is 13.2 Å². The molecule has 0 bridgehead atoms. The van der Waals surface area contributed by atoms with Crippen LogP contribution in [0, 0.1) is 0 Å². The molecule has 2 rings (SSSR count). The predicted octanol–water partition coefficient (Wildman–Crippen LogP) is 4.46. The van der Waals surface area contributed by atoms with Crippen molar-refractivity contribution in [3.63, 3.8) is 0 Å². The van der Waals surface area contributed by atoms with Gasteiger partial charge < -0.3 is 10.5 Å². The molecule has 0 fully saturated rings. The summed E-state index contributed by atoms with van der Waals surface area (Å²) in [6.07, 6.45) is -4.73. The number of thiophene rings is 1. The number of benzene rings is 1. The van der Waals surface area contributed by atoms with E-state index in [2.05, 4.69) is 20.7 Å². The fourth-order valence-corrected chi connectivity index (χ4v) is 3.06. The van der Waals surface area contributed by atoms with Gasteiger partial charge in [0.05, 0.1) is 6.04 Å². The molecule has 19 heavy (non-hydrogen) atoms. The van der Waals surface area contributed by atoms with E-state index < -0.39 is 12.4 Å². The van der Waals surface area contributed by atoms with Gasteiger partial charge in [-0.05, 0) is 28.1 Å². The monoisotopic (exact) mass is 351 g/mol. The van der Waals surface area contributed by atoms with Crippen LogP contribution in [0.1, 0.15) is 16.5 Å². The number of para-hydroxylation sites is 1. The van der Waals surface area contributed by atoms with Crippen molar-refractivity contribution in [1.29, 1.82) is 0 Å². The summed E-state index contributed by atoms with van der Waals surface area (Å²) >= 11 is 4.65. The lowest BCUT2D eigenvalue weighted by Crippen LogP contribution is -2.20. The zero-order valence-corrected chi connectivity index (χ0v) is 11.8. The summed E-state index contributed by atoms with van der Waals surface area (Å²) in [5, 5.41) is 1.82. The molecule has 0 aliphatic rings. The van der Waals surface area contributed by atoms with Gasteiger partial charge in [0.1, 0.15) is 5.75 Å². The Balaban J connectivity index is 2.34. The fourth-order valence-electron chi connectivity index (χ4n) is 1.60. The maximum atomic E-state index is 12.3. The number of hydrogen-bond donors (Lipinski definition) is 1. The largest absolute Gasteiger partial charge is 0.573 e. The van der Waals surface area contributed by atoms with Gasteiger partial charge in [0.25, 0.3) is 0 Å². The lowest BCUT2D eigenvalue weighted by molar-refractivity contribution is -0.274. The second kappa shape index (κ2) is 5.52. The lowest BCUT2D eigenvalue weighted by Gasteiger charge is -2.16. The van der Waals surface area contributed by atoms with Gasteiger partial charge in [0.15, 0.2) is 0 Å². The van der Waals surface area contributed by atoms with Crippen molar-refractivity contribution < 1.29 is 17.9 Å². The van der Waals surface area contributed by atoms with E-state index in [0.29, 0.717) is 5.56 Å². The Morgan fingerprint density at radius 3 is 2.53 bits per heavy atom. The van der Waals surface area contributed by atoms with E-state index in [-0.39, 0.29) is 5.75 Å². The molecule has 1 aromatic heterocycles. The normalized spacial score (nSPS) is 13.3. The molecule has 102 valence electrons. The highest BCUT2D eigenvalue weighted by Crippen LogP contribution is 2.35. The van der Waals surface area contributed by atoms with Crippen LogP contribution in [0.15, 0.2) is 40.2 Å². The van der Waals surface area contributed by atoms with Gasteiger partial charge in [-0.25, -0.2) is 0 Å². The molecule has 0 radical (unpaired) electrons. The van der Waals surface area contributed by atoms with Crippen LogP contribution in [0.5, 0.6) is 5.75 Å². The van der Waals surface area contributed by atoms with E-state index >= 15 is 0 Å². The van der Waals surface area contributed by atoms with Crippen molar-refractivity contribution in [3.05, 3.63) is 50.6 Å². The summed E-state index contributed by atoms with van der Waals surface area (Å²) in [6.45, 7) is 0. The molecule has 7 heteroatoms. The maximum Gasteiger partial charge on any atom is 0.573 e. The lowest BCUT2D eigenvalue weighted by atomic mass is 10.1. The molecule has 0 amide bonds. The van der Waals surface area contributed by atoms with Gasteiger partial charge in [0, 0.05) is 20.3 Å². The van der Waals surface area contributed by atoms with Crippen LogP contribution in [0.3, 0.4) is 0 Å². The van der Waals surface area contributed by atoms with Gasteiger partial charge in [-0.15, -0.1) is 24.5 Å². The van der Waals surface area contributed by atoms with Gasteiger partial charge in [-0.3, -0.25) is 0 Å². The van der Waals surface area contributed by atoms with E-state index in [1.165, 1.54) is 29.5 Å². The molecule has 0 aliphatic carbocycles. The number of ether oxygens (including phenoxy) is 1. The Morgan fingerprint density at radius 1 is 1.26 bits per heavy atom. The van der Waals surface area contributed by atoms with E-state index in [1.807, 2.05) is 5.38 Å². The van der Waals surface area contributed by atoms with Crippen molar-refractivity contribution in [1.82, 2.24) is 0 Å². The quantitative estimate of drug-likeness (QED) is 0.885. The average Bonchev–Trinajstić information content (AvgIpc) is 2.74. The highest BCUT2D eigenvalue weighted by Gasteiger charge is 2.32. The maximum absolute atomic E-state index is 12.3. The summed E-state index contributed by atoms with van der Waals surface area (Å²) in [7, 11) is 0. The molecule has 1 unspecified atom stereocenters. The molecular formula is C12H9BrF3NOS. The Kier molecular flexibility index (Phi) is 4.17. The molecule has 2 aromatic rings. The van der Waals surface area contributed by atoms with Gasteiger partial charge in [-0.2, -0.15) is 0 Å². The van der Waals surface area contributed by atoms with Gasteiger partial charge in [-0.1, -0.05) is 18.2 Å². The smallest absolute Gasteiger partial charge is 0.405 e. The van der Waals surface area contributed by atoms with Crippen LogP contribution in [0.2, 0.25) is 0 Å². The average molecular weight is 352 g/mol. The molecule has 1 heterocycles. The van der Waals surface area contributed by atoms with Crippen LogP contribution in [-0.4, -0.2) is 6.36 Å². The van der Waals surface area contributed by atoms with Crippen molar-refractivity contribution in [3.8, 4) is 5.75 Å². The molecule has 0 saturated heterocycles. The molecule has 2 N–H and O–H groups in total. The third kappa shape index (κ3) is 3.71. The topological polar surface area (TPSA) is 35.2 Å². The summed E-state index contributed by atoms with van der Waals surface area (Å²) in [5.41, 5.74) is 6.29. The standard InChI is InChI=1S/C12H9BrF3NOS/c13-7-5-10(19-6-7)11(17)8-3-1-2-4-9(8)18-12(14,15)16/h1-6,11H,17H2. The molecular weight excluding hydrogens is 343 g/mol. The molecule has 0 aliphatic heterocycles. The number of halogens is 4. The Morgan fingerprint density at radius 2 is 1.95 bits per heavy atom. The second-order valence-electron chi connectivity index (χ2n) is 3.73. The Bertz CT molecular complexity index is 570. The summed E-state index contributed by atoms with van der Waals surface area (Å²) in [4.78, 5) is 0.755. The molecule has 0 saturated carbocycles. The predicted molar refractivity (Wildman–Crippen MR) is 71.2 cm³/mol.